The molecule has 2 aliphatic rings. The molecule has 0 aliphatic carbocycles. The summed E-state index contributed by atoms with van der Waals surface area (Å²) in [6.45, 7) is 5.91. The lowest BCUT2D eigenvalue weighted by Crippen LogP contribution is -2.35. The Bertz CT molecular complexity index is 325. The third-order valence-electron chi connectivity index (χ3n) is 3.45. The molecule has 1 saturated heterocycles. The van der Waals surface area contributed by atoms with Crippen LogP contribution in [0.4, 0.5) is 0 Å². The van der Waals surface area contributed by atoms with Crippen LogP contribution in [-0.2, 0) is 9.53 Å². The van der Waals surface area contributed by atoms with Crippen molar-refractivity contribution in [2.75, 3.05) is 19.7 Å². The van der Waals surface area contributed by atoms with Gasteiger partial charge in [0.15, 0.2) is 0 Å². The van der Waals surface area contributed by atoms with Gasteiger partial charge in [0, 0.05) is 19.5 Å². The fourth-order valence-corrected chi connectivity index (χ4v) is 2.69. The van der Waals surface area contributed by atoms with E-state index >= 15 is 0 Å². The van der Waals surface area contributed by atoms with Crippen LogP contribution in [0.25, 0.3) is 0 Å². The van der Waals surface area contributed by atoms with Crippen LogP contribution in [0.5, 0.6) is 0 Å². The summed E-state index contributed by atoms with van der Waals surface area (Å²) in [4.78, 5) is 13.9. The second kappa shape index (κ2) is 5.19. The Hall–Kier alpha value is -0.870. The minimum atomic E-state index is -0.115. The number of hydrogen-bond acceptors (Lipinski definition) is 4. The maximum absolute atomic E-state index is 11.7. The lowest BCUT2D eigenvalue weighted by Gasteiger charge is -2.23. The van der Waals surface area contributed by atoms with Gasteiger partial charge >= 0.3 is 5.97 Å². The molecular formula is C13H21NO3. The van der Waals surface area contributed by atoms with E-state index in [0.29, 0.717) is 12.3 Å². The van der Waals surface area contributed by atoms with E-state index in [1.165, 1.54) is 0 Å². The van der Waals surface area contributed by atoms with Crippen molar-refractivity contribution in [3.8, 4) is 0 Å². The van der Waals surface area contributed by atoms with E-state index in [9.17, 15) is 9.90 Å². The van der Waals surface area contributed by atoms with E-state index in [0.717, 1.165) is 25.1 Å². The number of esters is 1. The van der Waals surface area contributed by atoms with Crippen molar-refractivity contribution in [1.82, 2.24) is 4.90 Å². The van der Waals surface area contributed by atoms with Crippen molar-refractivity contribution in [3.05, 3.63) is 11.6 Å². The highest BCUT2D eigenvalue weighted by Crippen LogP contribution is 2.31. The second-order valence-corrected chi connectivity index (χ2v) is 5.29. The Morgan fingerprint density at radius 3 is 3.06 bits per heavy atom. The van der Waals surface area contributed by atoms with Crippen LogP contribution in [0.1, 0.15) is 26.7 Å². The Kier molecular flexibility index (Phi) is 3.84. The minimum absolute atomic E-state index is 0.0675. The highest BCUT2D eigenvalue weighted by Gasteiger charge is 2.41. The van der Waals surface area contributed by atoms with E-state index in [2.05, 4.69) is 4.90 Å². The normalized spacial score (nSPS) is 28.4. The highest BCUT2D eigenvalue weighted by molar-refractivity contribution is 5.70. The Morgan fingerprint density at radius 2 is 2.41 bits per heavy atom. The molecule has 96 valence electrons. The lowest BCUT2D eigenvalue weighted by molar-refractivity contribution is -0.150. The predicted molar refractivity (Wildman–Crippen MR) is 64.5 cm³/mol. The summed E-state index contributed by atoms with van der Waals surface area (Å²) < 4.78 is 5.54. The largest absolute Gasteiger partial charge is 0.460 e. The van der Waals surface area contributed by atoms with Gasteiger partial charge in [0.25, 0.3) is 0 Å². The molecule has 2 heterocycles. The molecular weight excluding hydrogens is 218 g/mol. The third-order valence-corrected chi connectivity index (χ3v) is 3.45. The zero-order valence-corrected chi connectivity index (χ0v) is 10.6. The number of carbonyl (C=O) groups excluding carboxylic acids is 1. The molecule has 2 atom stereocenters. The van der Waals surface area contributed by atoms with Crippen LogP contribution in [0.2, 0.25) is 0 Å². The number of fused-ring (bicyclic) bond motifs is 1. The molecule has 0 saturated carbocycles. The molecule has 2 unspecified atom stereocenters. The number of hydrogen-bond donors (Lipinski definition) is 1. The zero-order chi connectivity index (χ0) is 12.4. The first-order chi connectivity index (χ1) is 8.11. The van der Waals surface area contributed by atoms with E-state index < -0.39 is 0 Å². The molecule has 2 rings (SSSR count). The summed E-state index contributed by atoms with van der Waals surface area (Å²) in [5, 5.41) is 9.27. The van der Waals surface area contributed by atoms with Crippen LogP contribution in [0.15, 0.2) is 11.6 Å². The number of rotatable bonds is 4. The Labute approximate surface area is 102 Å². The van der Waals surface area contributed by atoms with Gasteiger partial charge in [-0.05, 0) is 17.9 Å². The van der Waals surface area contributed by atoms with Crippen LogP contribution in [-0.4, -0.2) is 47.8 Å². The summed E-state index contributed by atoms with van der Waals surface area (Å²) in [6, 6.07) is 0.121. The molecule has 0 aromatic rings. The summed E-state index contributed by atoms with van der Waals surface area (Å²) in [5.41, 5.74) is 1.00. The first kappa shape index (κ1) is 12.6. The van der Waals surface area contributed by atoms with Gasteiger partial charge in [-0.3, -0.25) is 9.69 Å². The van der Waals surface area contributed by atoms with Crippen LogP contribution < -0.4 is 0 Å². The van der Waals surface area contributed by atoms with Crippen molar-refractivity contribution in [2.24, 2.45) is 5.92 Å². The van der Waals surface area contributed by atoms with Gasteiger partial charge in [-0.2, -0.15) is 0 Å². The standard InChI is InChI=1S/C13H21NO3/c1-9(2)7-12(16)17-11-4-6-14-5-3-10(8-15)13(11)14/h3,9,11,13,15H,4-8H2,1-2H3. The number of aliphatic hydroxyl groups excluding tert-OH is 1. The first-order valence-corrected chi connectivity index (χ1v) is 6.35. The maximum atomic E-state index is 11.7. The van der Waals surface area contributed by atoms with Gasteiger partial charge in [-0.25, -0.2) is 0 Å². The maximum Gasteiger partial charge on any atom is 0.306 e. The van der Waals surface area contributed by atoms with Crippen molar-refractivity contribution < 1.29 is 14.6 Å². The molecule has 1 fully saturated rings. The summed E-state index contributed by atoms with van der Waals surface area (Å²) in [7, 11) is 0. The average molecular weight is 239 g/mol. The van der Waals surface area contributed by atoms with Crippen molar-refractivity contribution in [1.29, 1.82) is 0 Å². The average Bonchev–Trinajstić information content (AvgIpc) is 2.79. The Morgan fingerprint density at radius 1 is 1.65 bits per heavy atom. The van der Waals surface area contributed by atoms with Gasteiger partial charge in [0.1, 0.15) is 6.10 Å². The highest BCUT2D eigenvalue weighted by atomic mass is 16.5. The third kappa shape index (κ3) is 2.69. The second-order valence-electron chi connectivity index (χ2n) is 5.29. The molecule has 4 nitrogen and oxygen atoms in total. The number of aliphatic hydroxyl groups is 1. The molecule has 0 aromatic carbocycles. The number of carbonyl (C=O) groups is 1. The molecule has 2 aliphatic heterocycles. The number of nitrogens with zero attached hydrogens (tertiary/aromatic N) is 1. The minimum Gasteiger partial charge on any atom is -0.460 e. The van der Waals surface area contributed by atoms with E-state index in [4.69, 9.17) is 4.74 Å². The van der Waals surface area contributed by atoms with Gasteiger partial charge in [-0.1, -0.05) is 19.9 Å². The molecule has 17 heavy (non-hydrogen) atoms. The van der Waals surface area contributed by atoms with E-state index in [-0.39, 0.29) is 24.7 Å². The van der Waals surface area contributed by atoms with Crippen molar-refractivity contribution >= 4 is 5.97 Å². The lowest BCUT2D eigenvalue weighted by atomic mass is 10.0. The van der Waals surface area contributed by atoms with Gasteiger partial charge < -0.3 is 9.84 Å². The van der Waals surface area contributed by atoms with Crippen molar-refractivity contribution in [3.63, 3.8) is 0 Å². The molecule has 0 radical (unpaired) electrons. The SMILES string of the molecule is CC(C)CC(=O)OC1CCN2CC=C(CO)C12. The van der Waals surface area contributed by atoms with Gasteiger partial charge in [0.2, 0.25) is 0 Å². The molecule has 0 aromatic heterocycles. The van der Waals surface area contributed by atoms with E-state index in [1.807, 2.05) is 19.9 Å². The van der Waals surface area contributed by atoms with Gasteiger partial charge in [0.05, 0.1) is 12.6 Å². The monoisotopic (exact) mass is 239 g/mol. The van der Waals surface area contributed by atoms with Crippen LogP contribution in [0, 0.1) is 5.92 Å². The fraction of sp³-hybridized carbons (Fsp3) is 0.769. The summed E-state index contributed by atoms with van der Waals surface area (Å²) in [6.07, 6.45) is 3.34. The fourth-order valence-electron chi connectivity index (χ4n) is 2.69. The Balaban J connectivity index is 1.93. The molecule has 4 heteroatoms. The van der Waals surface area contributed by atoms with E-state index in [1.54, 1.807) is 0 Å². The molecule has 0 spiro atoms. The quantitative estimate of drug-likeness (QED) is 0.586. The zero-order valence-electron chi connectivity index (χ0n) is 10.6. The number of ether oxygens (including phenoxy) is 1. The summed E-state index contributed by atoms with van der Waals surface area (Å²) >= 11 is 0. The van der Waals surface area contributed by atoms with Gasteiger partial charge in [-0.15, -0.1) is 0 Å². The molecule has 1 N–H and O–H groups in total. The molecule has 0 amide bonds. The predicted octanol–water partition coefficient (Wildman–Crippen LogP) is 0.951. The van der Waals surface area contributed by atoms with Crippen LogP contribution >= 0.6 is 0 Å². The molecule has 0 bridgehead atoms. The summed E-state index contributed by atoms with van der Waals surface area (Å²) in [5.74, 6) is 0.215. The first-order valence-electron chi connectivity index (χ1n) is 6.35. The smallest absolute Gasteiger partial charge is 0.306 e. The van der Waals surface area contributed by atoms with Crippen molar-refractivity contribution in [2.45, 2.75) is 38.8 Å². The topological polar surface area (TPSA) is 49.8 Å². The van der Waals surface area contributed by atoms with Crippen LogP contribution in [0.3, 0.4) is 0 Å².